The molecule has 1 unspecified atom stereocenters. The molecular weight excluding hydrogens is 161 g/mol. The Hall–Kier alpha value is -1.10. The molecule has 0 aliphatic carbocycles. The van der Waals surface area contributed by atoms with Crippen molar-refractivity contribution in [1.29, 1.82) is 5.26 Å². The van der Waals surface area contributed by atoms with Gasteiger partial charge in [0.2, 0.25) is 8.03 Å². The highest BCUT2D eigenvalue weighted by Gasteiger charge is 1.96. The number of nitrogens with zero attached hydrogens (tertiary/aromatic N) is 1. The predicted octanol–water partition coefficient (Wildman–Crippen LogP) is 0.651. The Morgan fingerprint density at radius 1 is 1.36 bits per heavy atom. The van der Waals surface area contributed by atoms with Gasteiger partial charge in [0.05, 0.1) is 11.6 Å². The van der Waals surface area contributed by atoms with Crippen LogP contribution >= 0.6 is 8.03 Å². The molecule has 0 aliphatic heterocycles. The van der Waals surface area contributed by atoms with Crippen LogP contribution in [0.4, 0.5) is 0 Å². The minimum Gasteiger partial charge on any atom is -0.343 e. The Bertz CT molecular complexity index is 312. The van der Waals surface area contributed by atoms with Gasteiger partial charge in [0.15, 0.2) is 0 Å². The van der Waals surface area contributed by atoms with Crippen molar-refractivity contribution >= 4 is 13.3 Å². The van der Waals surface area contributed by atoms with Crippen LogP contribution in [0.25, 0.3) is 0 Å². The van der Waals surface area contributed by atoms with Crippen molar-refractivity contribution in [2.24, 2.45) is 0 Å². The summed E-state index contributed by atoms with van der Waals surface area (Å²) < 4.78 is 10.5. The van der Waals surface area contributed by atoms with Crippen molar-refractivity contribution in [3.63, 3.8) is 0 Å². The molecule has 56 valence electrons. The Labute approximate surface area is 64.8 Å². The molecular formula is C7H6NO2P. The second-order valence-electron chi connectivity index (χ2n) is 1.99. The Morgan fingerprint density at radius 2 is 1.91 bits per heavy atom. The van der Waals surface area contributed by atoms with Gasteiger partial charge in [-0.15, -0.1) is 0 Å². The highest BCUT2D eigenvalue weighted by atomic mass is 31.1. The standard InChI is InChI=1S/C7H6NO2P/c8-5-6-1-3-7(4-2-6)11(9)10/h1-4,11H,(H,9,10). The van der Waals surface area contributed by atoms with E-state index in [9.17, 15) is 4.57 Å². The zero-order chi connectivity index (χ0) is 8.27. The highest BCUT2D eigenvalue weighted by molar-refractivity contribution is 7.47. The number of hydrogen-bond acceptors (Lipinski definition) is 2. The number of hydrogen-bond donors (Lipinski definition) is 1. The van der Waals surface area contributed by atoms with Gasteiger partial charge in [-0.05, 0) is 24.3 Å². The van der Waals surface area contributed by atoms with Crippen LogP contribution in [0, 0.1) is 11.3 Å². The van der Waals surface area contributed by atoms with Gasteiger partial charge in [-0.1, -0.05) is 0 Å². The molecule has 0 saturated carbocycles. The van der Waals surface area contributed by atoms with Crippen LogP contribution in [-0.4, -0.2) is 4.89 Å². The van der Waals surface area contributed by atoms with E-state index in [1.807, 2.05) is 6.07 Å². The van der Waals surface area contributed by atoms with Crippen LogP contribution < -0.4 is 5.30 Å². The van der Waals surface area contributed by atoms with Crippen molar-refractivity contribution in [1.82, 2.24) is 0 Å². The fraction of sp³-hybridized carbons (Fsp3) is 0. The van der Waals surface area contributed by atoms with Gasteiger partial charge in [0.1, 0.15) is 0 Å². The van der Waals surface area contributed by atoms with E-state index in [1.165, 1.54) is 24.3 Å². The molecule has 0 amide bonds. The van der Waals surface area contributed by atoms with Crippen LogP contribution in [0.1, 0.15) is 5.56 Å². The van der Waals surface area contributed by atoms with E-state index < -0.39 is 8.03 Å². The van der Waals surface area contributed by atoms with Crippen molar-refractivity contribution in [2.45, 2.75) is 0 Å². The van der Waals surface area contributed by atoms with E-state index in [-0.39, 0.29) is 0 Å². The van der Waals surface area contributed by atoms with Crippen LogP contribution in [0.2, 0.25) is 0 Å². The normalized spacial score (nSPS) is 12.0. The quantitative estimate of drug-likeness (QED) is 0.624. The number of benzene rings is 1. The smallest absolute Gasteiger partial charge is 0.218 e. The minimum absolute atomic E-state index is 0.383. The third-order valence-corrected chi connectivity index (χ3v) is 2.09. The lowest BCUT2D eigenvalue weighted by Gasteiger charge is -1.93. The van der Waals surface area contributed by atoms with Crippen molar-refractivity contribution in [3.8, 4) is 6.07 Å². The summed E-state index contributed by atoms with van der Waals surface area (Å²) in [7, 11) is -2.60. The van der Waals surface area contributed by atoms with Gasteiger partial charge in [-0.25, -0.2) is 0 Å². The molecule has 0 bridgehead atoms. The van der Waals surface area contributed by atoms with Gasteiger partial charge >= 0.3 is 0 Å². The predicted molar refractivity (Wildman–Crippen MR) is 42.0 cm³/mol. The molecule has 0 fully saturated rings. The monoisotopic (exact) mass is 167 g/mol. The summed E-state index contributed by atoms with van der Waals surface area (Å²) in [5.74, 6) is 0. The maximum absolute atomic E-state index is 10.5. The van der Waals surface area contributed by atoms with E-state index >= 15 is 0 Å². The lowest BCUT2D eigenvalue weighted by Crippen LogP contribution is -1.93. The van der Waals surface area contributed by atoms with Crippen molar-refractivity contribution in [3.05, 3.63) is 29.8 Å². The molecule has 1 aromatic carbocycles. The summed E-state index contributed by atoms with van der Waals surface area (Å²) in [6, 6.07) is 7.94. The average molecular weight is 167 g/mol. The summed E-state index contributed by atoms with van der Waals surface area (Å²) in [6.07, 6.45) is 0. The molecule has 4 heteroatoms. The summed E-state index contributed by atoms with van der Waals surface area (Å²) in [6.45, 7) is 0. The van der Waals surface area contributed by atoms with Crippen LogP contribution in [-0.2, 0) is 4.57 Å². The SMILES string of the molecule is N#Cc1ccc([PH](=O)O)cc1. The molecule has 0 heterocycles. The molecule has 0 spiro atoms. The van der Waals surface area contributed by atoms with Gasteiger partial charge in [-0.3, -0.25) is 4.57 Å². The second kappa shape index (κ2) is 3.34. The van der Waals surface area contributed by atoms with Gasteiger partial charge in [0.25, 0.3) is 0 Å². The molecule has 0 radical (unpaired) electrons. The van der Waals surface area contributed by atoms with Gasteiger partial charge in [0, 0.05) is 5.30 Å². The van der Waals surface area contributed by atoms with E-state index in [4.69, 9.17) is 10.2 Å². The summed E-state index contributed by atoms with van der Waals surface area (Å²) in [5, 5.41) is 8.77. The first-order valence-electron chi connectivity index (χ1n) is 2.97. The summed E-state index contributed by atoms with van der Waals surface area (Å²) >= 11 is 0. The molecule has 0 saturated heterocycles. The van der Waals surface area contributed by atoms with Crippen LogP contribution in [0.3, 0.4) is 0 Å². The average Bonchev–Trinajstić information content (AvgIpc) is 2.05. The Balaban J connectivity index is 3.03. The molecule has 3 nitrogen and oxygen atoms in total. The van der Waals surface area contributed by atoms with E-state index in [2.05, 4.69) is 0 Å². The van der Waals surface area contributed by atoms with E-state index in [0.29, 0.717) is 10.9 Å². The minimum atomic E-state index is -2.60. The maximum Gasteiger partial charge on any atom is 0.218 e. The number of rotatable bonds is 1. The molecule has 0 aliphatic rings. The fourth-order valence-corrected chi connectivity index (χ4v) is 1.14. The lowest BCUT2D eigenvalue weighted by atomic mass is 10.2. The number of nitriles is 1. The topological polar surface area (TPSA) is 61.1 Å². The zero-order valence-electron chi connectivity index (χ0n) is 5.61. The van der Waals surface area contributed by atoms with E-state index in [1.54, 1.807) is 0 Å². The van der Waals surface area contributed by atoms with Gasteiger partial charge < -0.3 is 4.89 Å². The molecule has 1 N–H and O–H groups in total. The lowest BCUT2D eigenvalue weighted by molar-refractivity contribution is 0.513. The molecule has 11 heavy (non-hydrogen) atoms. The third kappa shape index (κ3) is 1.91. The first-order valence-corrected chi connectivity index (χ1v) is 4.33. The highest BCUT2D eigenvalue weighted by Crippen LogP contribution is 2.12. The van der Waals surface area contributed by atoms with Crippen LogP contribution in [0.15, 0.2) is 24.3 Å². The van der Waals surface area contributed by atoms with Crippen LogP contribution in [0.5, 0.6) is 0 Å². The first-order chi connectivity index (χ1) is 5.24. The molecule has 1 rings (SSSR count). The molecule has 1 aromatic rings. The third-order valence-electron chi connectivity index (χ3n) is 1.26. The molecule has 0 aromatic heterocycles. The van der Waals surface area contributed by atoms with E-state index in [0.717, 1.165) is 0 Å². The first kappa shape index (κ1) is 8.00. The van der Waals surface area contributed by atoms with Crippen molar-refractivity contribution in [2.75, 3.05) is 0 Å². The Kier molecular flexibility index (Phi) is 2.43. The molecule has 1 atom stereocenters. The largest absolute Gasteiger partial charge is 0.343 e. The fourth-order valence-electron chi connectivity index (χ4n) is 0.687. The van der Waals surface area contributed by atoms with Gasteiger partial charge in [-0.2, -0.15) is 5.26 Å². The van der Waals surface area contributed by atoms with Crippen molar-refractivity contribution < 1.29 is 9.46 Å². The maximum atomic E-state index is 10.5. The zero-order valence-corrected chi connectivity index (χ0v) is 6.61. The Morgan fingerprint density at radius 3 is 2.27 bits per heavy atom. The second-order valence-corrected chi connectivity index (χ2v) is 3.18. The summed E-state index contributed by atoms with van der Waals surface area (Å²) in [4.78, 5) is 8.65. The summed E-state index contributed by atoms with van der Waals surface area (Å²) in [5.41, 5.74) is 0.497.